The number of hydrogen-bond acceptors (Lipinski definition) is 2. The van der Waals surface area contributed by atoms with Crippen LogP contribution in [0, 0.1) is 5.82 Å². The normalized spacial score (nSPS) is 11.6. The van der Waals surface area contributed by atoms with E-state index in [-0.39, 0.29) is 10.6 Å². The van der Waals surface area contributed by atoms with E-state index in [0.717, 1.165) is 11.8 Å². The quantitative estimate of drug-likeness (QED) is 0.577. The maximum absolute atomic E-state index is 13.3. The van der Waals surface area contributed by atoms with E-state index in [0.29, 0.717) is 6.07 Å². The first kappa shape index (κ1) is 12.2. The van der Waals surface area contributed by atoms with Crippen molar-refractivity contribution in [2.75, 3.05) is 13.4 Å². The Morgan fingerprint density at radius 3 is 2.27 bits per heavy atom. The minimum absolute atomic E-state index is 0.00641. The highest BCUT2D eigenvalue weighted by atomic mass is 32.2. The van der Waals surface area contributed by atoms with Gasteiger partial charge in [-0.15, -0.1) is 11.8 Å². The predicted molar refractivity (Wildman–Crippen MR) is 49.7 cm³/mol. The second kappa shape index (κ2) is 4.30. The van der Waals surface area contributed by atoms with Crippen LogP contribution in [-0.2, 0) is 6.18 Å². The topological polar surface area (TPSA) is 9.23 Å². The summed E-state index contributed by atoms with van der Waals surface area (Å²) in [5.74, 6) is -1.26. The highest BCUT2D eigenvalue weighted by Crippen LogP contribution is 2.37. The van der Waals surface area contributed by atoms with Gasteiger partial charge in [0.25, 0.3) is 0 Å². The van der Waals surface area contributed by atoms with Gasteiger partial charge in [-0.1, -0.05) is 0 Å². The molecule has 0 aromatic heterocycles. The van der Waals surface area contributed by atoms with Gasteiger partial charge in [0.15, 0.2) is 0 Å². The van der Waals surface area contributed by atoms with Crippen molar-refractivity contribution < 1.29 is 22.3 Å². The monoisotopic (exact) mass is 240 g/mol. The Labute approximate surface area is 88.4 Å². The van der Waals surface area contributed by atoms with Gasteiger partial charge in [0.05, 0.1) is 12.7 Å². The first-order chi connectivity index (χ1) is 6.90. The van der Waals surface area contributed by atoms with E-state index in [1.54, 1.807) is 0 Å². The molecule has 0 fully saturated rings. The molecular formula is C9H8F4OS. The van der Waals surface area contributed by atoms with E-state index in [1.807, 2.05) is 0 Å². The zero-order valence-corrected chi connectivity index (χ0v) is 8.80. The molecule has 0 aliphatic carbocycles. The van der Waals surface area contributed by atoms with Gasteiger partial charge in [-0.2, -0.15) is 13.2 Å². The zero-order chi connectivity index (χ0) is 11.6. The molecule has 0 radical (unpaired) electrons. The molecule has 0 N–H and O–H groups in total. The summed E-state index contributed by atoms with van der Waals surface area (Å²) in [5.41, 5.74) is -1.30. The third kappa shape index (κ3) is 2.56. The molecule has 0 saturated heterocycles. The summed E-state index contributed by atoms with van der Waals surface area (Å²) in [7, 11) is 1.23. The molecule has 84 valence electrons. The SMILES string of the molecule is COc1cc(SC)c(F)c(C(F)(F)F)c1. The first-order valence-electron chi connectivity index (χ1n) is 3.89. The number of ether oxygens (including phenoxy) is 1. The number of hydrogen-bond donors (Lipinski definition) is 0. The molecular weight excluding hydrogens is 232 g/mol. The number of halogens is 4. The van der Waals surface area contributed by atoms with Crippen molar-refractivity contribution in [3.05, 3.63) is 23.5 Å². The fourth-order valence-corrected chi connectivity index (χ4v) is 1.57. The van der Waals surface area contributed by atoms with E-state index in [4.69, 9.17) is 0 Å². The van der Waals surface area contributed by atoms with Crippen molar-refractivity contribution in [3.8, 4) is 5.75 Å². The second-order valence-electron chi connectivity index (χ2n) is 2.69. The summed E-state index contributed by atoms with van der Waals surface area (Å²) in [6.07, 6.45) is -3.21. The zero-order valence-electron chi connectivity index (χ0n) is 7.98. The summed E-state index contributed by atoms with van der Waals surface area (Å²) >= 11 is 0.900. The van der Waals surface area contributed by atoms with Gasteiger partial charge in [0.1, 0.15) is 11.6 Å². The molecule has 15 heavy (non-hydrogen) atoms. The molecule has 1 aromatic rings. The maximum Gasteiger partial charge on any atom is 0.419 e. The number of thioether (sulfide) groups is 1. The van der Waals surface area contributed by atoms with E-state index in [1.165, 1.54) is 19.4 Å². The molecule has 0 saturated carbocycles. The molecule has 1 nitrogen and oxygen atoms in total. The van der Waals surface area contributed by atoms with Gasteiger partial charge < -0.3 is 4.74 Å². The molecule has 0 bridgehead atoms. The van der Waals surface area contributed by atoms with Crippen molar-refractivity contribution in [2.24, 2.45) is 0 Å². The van der Waals surface area contributed by atoms with Crippen LogP contribution in [-0.4, -0.2) is 13.4 Å². The fourth-order valence-electron chi connectivity index (χ4n) is 1.05. The number of benzene rings is 1. The van der Waals surface area contributed by atoms with Gasteiger partial charge in [0.2, 0.25) is 0 Å². The van der Waals surface area contributed by atoms with Gasteiger partial charge in [-0.25, -0.2) is 4.39 Å². The molecule has 6 heteroatoms. The van der Waals surface area contributed by atoms with Crippen molar-refractivity contribution >= 4 is 11.8 Å². The molecule has 0 unspecified atom stereocenters. The third-order valence-corrected chi connectivity index (χ3v) is 2.51. The van der Waals surface area contributed by atoms with Gasteiger partial charge in [0, 0.05) is 4.90 Å². The molecule has 1 rings (SSSR count). The summed E-state index contributed by atoms with van der Waals surface area (Å²) in [6.45, 7) is 0. The second-order valence-corrected chi connectivity index (χ2v) is 3.54. The van der Waals surface area contributed by atoms with E-state index in [9.17, 15) is 17.6 Å². The van der Waals surface area contributed by atoms with Crippen LogP contribution in [0.4, 0.5) is 17.6 Å². The summed E-state index contributed by atoms with van der Waals surface area (Å²) < 4.78 is 55.1. The highest BCUT2D eigenvalue weighted by Gasteiger charge is 2.35. The smallest absolute Gasteiger partial charge is 0.419 e. The lowest BCUT2D eigenvalue weighted by Crippen LogP contribution is -2.09. The third-order valence-electron chi connectivity index (χ3n) is 1.77. The van der Waals surface area contributed by atoms with Crippen LogP contribution in [0.25, 0.3) is 0 Å². The maximum atomic E-state index is 13.3. The van der Waals surface area contributed by atoms with Crippen LogP contribution < -0.4 is 4.74 Å². The lowest BCUT2D eigenvalue weighted by molar-refractivity contribution is -0.140. The summed E-state index contributed by atoms with van der Waals surface area (Å²) in [5, 5.41) is 0. The lowest BCUT2D eigenvalue weighted by atomic mass is 10.2. The largest absolute Gasteiger partial charge is 0.497 e. The van der Waals surface area contributed by atoms with E-state index in [2.05, 4.69) is 4.74 Å². The van der Waals surface area contributed by atoms with Gasteiger partial charge in [-0.3, -0.25) is 0 Å². The molecule has 0 spiro atoms. The Bertz CT molecular complexity index is 362. The molecule has 0 atom stereocenters. The van der Waals surface area contributed by atoms with Crippen LogP contribution in [0.3, 0.4) is 0 Å². The Balaban J connectivity index is 3.37. The fraction of sp³-hybridized carbons (Fsp3) is 0.333. The Morgan fingerprint density at radius 1 is 1.27 bits per heavy atom. The molecule has 0 aliphatic heterocycles. The van der Waals surface area contributed by atoms with Crippen molar-refractivity contribution in [1.29, 1.82) is 0 Å². The Hall–Kier alpha value is -0.910. The molecule has 1 aromatic carbocycles. The number of alkyl halides is 3. The minimum atomic E-state index is -4.71. The molecule has 0 aliphatic rings. The van der Waals surface area contributed by atoms with Crippen molar-refractivity contribution in [3.63, 3.8) is 0 Å². The van der Waals surface area contributed by atoms with Crippen LogP contribution in [0.5, 0.6) is 5.75 Å². The van der Waals surface area contributed by atoms with Crippen LogP contribution in [0.2, 0.25) is 0 Å². The first-order valence-corrected chi connectivity index (χ1v) is 5.11. The van der Waals surface area contributed by atoms with Crippen LogP contribution >= 0.6 is 11.8 Å². The van der Waals surface area contributed by atoms with E-state index < -0.39 is 17.6 Å². The summed E-state index contributed by atoms with van der Waals surface area (Å²) in [4.78, 5) is -0.0818. The number of rotatable bonds is 2. The van der Waals surface area contributed by atoms with Gasteiger partial charge >= 0.3 is 6.18 Å². The Morgan fingerprint density at radius 2 is 1.87 bits per heavy atom. The van der Waals surface area contributed by atoms with Crippen LogP contribution in [0.15, 0.2) is 17.0 Å². The van der Waals surface area contributed by atoms with E-state index >= 15 is 0 Å². The Kier molecular flexibility index (Phi) is 3.49. The molecule has 0 heterocycles. The number of methoxy groups -OCH3 is 1. The summed E-state index contributed by atoms with van der Waals surface area (Å²) in [6, 6.07) is 1.88. The van der Waals surface area contributed by atoms with Gasteiger partial charge in [-0.05, 0) is 18.4 Å². The standard InChI is InChI=1S/C9H8F4OS/c1-14-5-3-6(9(11,12)13)8(10)7(4-5)15-2/h3-4H,1-2H3. The average molecular weight is 240 g/mol. The lowest BCUT2D eigenvalue weighted by Gasteiger charge is -2.12. The predicted octanol–water partition coefficient (Wildman–Crippen LogP) is 3.58. The van der Waals surface area contributed by atoms with Crippen molar-refractivity contribution in [2.45, 2.75) is 11.1 Å². The van der Waals surface area contributed by atoms with Crippen molar-refractivity contribution in [1.82, 2.24) is 0 Å². The minimum Gasteiger partial charge on any atom is -0.497 e. The average Bonchev–Trinajstić information content (AvgIpc) is 2.16. The molecule has 0 amide bonds. The highest BCUT2D eigenvalue weighted by molar-refractivity contribution is 7.98. The van der Waals surface area contributed by atoms with Crippen LogP contribution in [0.1, 0.15) is 5.56 Å².